The summed E-state index contributed by atoms with van der Waals surface area (Å²) in [6.07, 6.45) is 4.18. The van der Waals surface area contributed by atoms with Crippen molar-refractivity contribution in [2.24, 2.45) is 0 Å². The largest absolute Gasteiger partial charge is 0.792 e. The first-order valence-corrected chi connectivity index (χ1v) is 13.1. The third-order valence-corrected chi connectivity index (χ3v) is 6.13. The van der Waals surface area contributed by atoms with Crippen molar-refractivity contribution in [3.63, 3.8) is 0 Å². The number of hydrogen-bond donors (Lipinski definition) is 2. The van der Waals surface area contributed by atoms with E-state index in [-0.39, 0.29) is 12.4 Å². The molecule has 0 aliphatic carbocycles. The van der Waals surface area contributed by atoms with E-state index in [1.54, 1.807) is 7.05 Å². The van der Waals surface area contributed by atoms with Crippen LogP contribution in [0.3, 0.4) is 0 Å². The molecule has 0 atom stereocenters. The maximum absolute atomic E-state index is 11.3. The number of benzene rings is 2. The molecule has 9 nitrogen and oxygen atoms in total. The van der Waals surface area contributed by atoms with Crippen LogP contribution in [0.2, 0.25) is 0 Å². The summed E-state index contributed by atoms with van der Waals surface area (Å²) in [7, 11) is -2.74. The average Bonchev–Trinajstić information content (AvgIpc) is 2.73. The van der Waals surface area contributed by atoms with Gasteiger partial charge in [-0.1, -0.05) is 18.2 Å². The zero-order valence-corrected chi connectivity index (χ0v) is 21.0. The monoisotopic (exact) mass is 503 g/mol. The molecule has 0 fully saturated rings. The minimum Gasteiger partial charge on any atom is -0.494 e. The van der Waals surface area contributed by atoms with Gasteiger partial charge in [0, 0.05) is 13.3 Å². The van der Waals surface area contributed by atoms with Crippen LogP contribution in [0, 0.1) is 13.8 Å². The SMILES string of the molecule is Cc1cc(OCCCS(C)(=O)=O)cc(C)c1-c1cccc(COB2OC(O)=CN(C)/C=C(/O)O2)c1. The molecular formula is C24H30BNO8S. The zero-order chi connectivity index (χ0) is 25.6. The molecule has 2 N–H and O–H groups in total. The van der Waals surface area contributed by atoms with E-state index in [2.05, 4.69) is 0 Å². The lowest BCUT2D eigenvalue weighted by atomic mass is 9.94. The van der Waals surface area contributed by atoms with Crippen molar-refractivity contribution >= 4 is 17.2 Å². The van der Waals surface area contributed by atoms with Gasteiger partial charge >= 0.3 is 7.32 Å². The van der Waals surface area contributed by atoms with Gasteiger partial charge in [-0.05, 0) is 66.3 Å². The summed E-state index contributed by atoms with van der Waals surface area (Å²) >= 11 is 0. The number of nitrogens with zero attached hydrogens (tertiary/aromatic N) is 1. The summed E-state index contributed by atoms with van der Waals surface area (Å²) in [5.41, 5.74) is 4.90. The maximum atomic E-state index is 11.3. The Kier molecular flexibility index (Phi) is 8.58. The topological polar surface area (TPSA) is 115 Å². The summed E-state index contributed by atoms with van der Waals surface area (Å²) in [5, 5.41) is 19.6. The Morgan fingerprint density at radius 2 is 1.66 bits per heavy atom. The molecule has 0 bridgehead atoms. The van der Waals surface area contributed by atoms with Crippen LogP contribution in [0.5, 0.6) is 5.75 Å². The molecule has 35 heavy (non-hydrogen) atoms. The molecule has 1 aliphatic heterocycles. The van der Waals surface area contributed by atoms with Gasteiger partial charge in [0.1, 0.15) is 15.6 Å². The van der Waals surface area contributed by atoms with E-state index in [1.165, 1.54) is 23.6 Å². The molecule has 2 aromatic rings. The van der Waals surface area contributed by atoms with Gasteiger partial charge in [-0.3, -0.25) is 0 Å². The lowest BCUT2D eigenvalue weighted by Crippen LogP contribution is -2.29. The fraction of sp³-hybridized carbons (Fsp3) is 0.333. The Balaban J connectivity index is 1.68. The zero-order valence-electron chi connectivity index (χ0n) is 20.2. The van der Waals surface area contributed by atoms with Crippen LogP contribution in [0.25, 0.3) is 11.1 Å². The standard InChI is InChI=1S/C24H30BNO8S/c1-17-11-21(31-9-6-10-35(4,29)30)12-18(2)24(17)20-8-5-7-19(13-20)16-32-25-33-22(27)14-26(3)15-23(28)34-25/h5,7-8,11-15,27-28H,6,9-10,16H2,1-4H3/b22-14-,23-15?. The van der Waals surface area contributed by atoms with Crippen molar-refractivity contribution in [1.29, 1.82) is 0 Å². The summed E-state index contributed by atoms with van der Waals surface area (Å²) in [4.78, 5) is 1.38. The first kappa shape index (κ1) is 26.3. The van der Waals surface area contributed by atoms with Crippen LogP contribution in [-0.4, -0.2) is 56.5 Å². The van der Waals surface area contributed by atoms with E-state index in [4.69, 9.17) is 18.7 Å². The van der Waals surface area contributed by atoms with Crippen molar-refractivity contribution < 1.29 is 37.3 Å². The van der Waals surface area contributed by atoms with Crippen LogP contribution in [0.1, 0.15) is 23.1 Å². The van der Waals surface area contributed by atoms with E-state index in [9.17, 15) is 18.6 Å². The number of aliphatic hydroxyl groups excluding tert-OH is 2. The van der Waals surface area contributed by atoms with E-state index >= 15 is 0 Å². The van der Waals surface area contributed by atoms with Crippen LogP contribution in [-0.2, 0) is 30.4 Å². The Labute approximate surface area is 206 Å². The maximum Gasteiger partial charge on any atom is 0.792 e. The second-order valence-corrected chi connectivity index (χ2v) is 10.7. The molecule has 0 saturated carbocycles. The molecule has 188 valence electrons. The van der Waals surface area contributed by atoms with Gasteiger partial charge in [0.15, 0.2) is 0 Å². The quantitative estimate of drug-likeness (QED) is 0.387. The van der Waals surface area contributed by atoms with Gasteiger partial charge in [0.25, 0.3) is 11.9 Å². The number of sulfone groups is 1. The van der Waals surface area contributed by atoms with Gasteiger partial charge in [-0.25, -0.2) is 8.42 Å². The molecule has 11 heteroatoms. The van der Waals surface area contributed by atoms with Crippen molar-refractivity contribution in [1.82, 2.24) is 4.90 Å². The summed E-state index contributed by atoms with van der Waals surface area (Å²) in [5.74, 6) is -0.0426. The molecule has 3 rings (SSSR count). The van der Waals surface area contributed by atoms with Crippen molar-refractivity contribution in [2.45, 2.75) is 26.9 Å². The molecule has 0 amide bonds. The number of aryl methyl sites for hydroxylation is 2. The van der Waals surface area contributed by atoms with Crippen LogP contribution >= 0.6 is 0 Å². The second kappa shape index (κ2) is 11.4. The minimum absolute atomic E-state index is 0.0949. The first-order chi connectivity index (χ1) is 16.5. The van der Waals surface area contributed by atoms with Gasteiger partial charge in [-0.15, -0.1) is 0 Å². The number of aliphatic hydroxyl groups is 2. The van der Waals surface area contributed by atoms with Gasteiger partial charge in [0.2, 0.25) is 0 Å². The molecule has 1 aliphatic rings. The predicted octanol–water partition coefficient (Wildman–Crippen LogP) is 3.98. The third-order valence-electron chi connectivity index (χ3n) is 5.10. The lowest BCUT2D eigenvalue weighted by Gasteiger charge is -2.19. The Hall–Kier alpha value is -3.31. The molecule has 0 saturated heterocycles. The third kappa shape index (κ3) is 8.15. The molecular weight excluding hydrogens is 473 g/mol. The number of rotatable bonds is 9. The number of ether oxygens (including phenoxy) is 1. The summed E-state index contributed by atoms with van der Waals surface area (Å²) in [6.45, 7) is 4.42. The highest BCUT2D eigenvalue weighted by Gasteiger charge is 2.30. The highest BCUT2D eigenvalue weighted by atomic mass is 32.2. The highest BCUT2D eigenvalue weighted by Crippen LogP contribution is 2.32. The Morgan fingerprint density at radius 1 is 1.03 bits per heavy atom. The fourth-order valence-corrected chi connectivity index (χ4v) is 4.33. The van der Waals surface area contributed by atoms with E-state index in [0.717, 1.165) is 27.8 Å². The normalized spacial score (nSPS) is 15.8. The van der Waals surface area contributed by atoms with Crippen molar-refractivity contribution in [2.75, 3.05) is 25.7 Å². The van der Waals surface area contributed by atoms with E-state index in [0.29, 0.717) is 18.8 Å². The number of hydrogen-bond acceptors (Lipinski definition) is 9. The van der Waals surface area contributed by atoms with Crippen LogP contribution in [0.4, 0.5) is 0 Å². The Morgan fingerprint density at radius 3 is 2.26 bits per heavy atom. The van der Waals surface area contributed by atoms with Gasteiger partial charge in [-0.2, -0.15) is 0 Å². The van der Waals surface area contributed by atoms with Crippen molar-refractivity contribution in [3.05, 3.63) is 77.4 Å². The average molecular weight is 503 g/mol. The molecule has 0 unspecified atom stereocenters. The lowest BCUT2D eigenvalue weighted by molar-refractivity contribution is 0.0544. The molecule has 2 aromatic carbocycles. The van der Waals surface area contributed by atoms with Crippen LogP contribution in [0.15, 0.2) is 60.7 Å². The molecule has 1 heterocycles. The first-order valence-electron chi connectivity index (χ1n) is 11.0. The molecule has 0 radical (unpaired) electrons. The Bertz CT molecular complexity index is 1170. The molecule has 0 aromatic heterocycles. The van der Waals surface area contributed by atoms with Gasteiger partial charge in [0.05, 0.1) is 31.4 Å². The summed E-state index contributed by atoms with van der Waals surface area (Å²) in [6, 6.07) is 11.6. The van der Waals surface area contributed by atoms with Crippen LogP contribution < -0.4 is 4.74 Å². The van der Waals surface area contributed by atoms with E-state index in [1.807, 2.05) is 50.2 Å². The van der Waals surface area contributed by atoms with E-state index < -0.39 is 29.0 Å². The predicted molar refractivity (Wildman–Crippen MR) is 133 cm³/mol. The van der Waals surface area contributed by atoms with Crippen molar-refractivity contribution in [3.8, 4) is 16.9 Å². The smallest absolute Gasteiger partial charge is 0.494 e. The molecule has 0 spiro atoms. The summed E-state index contributed by atoms with van der Waals surface area (Å²) < 4.78 is 44.2. The minimum atomic E-state index is -3.00. The fourth-order valence-electron chi connectivity index (χ4n) is 3.69. The highest BCUT2D eigenvalue weighted by molar-refractivity contribution is 7.90. The van der Waals surface area contributed by atoms with Gasteiger partial charge < -0.3 is 33.8 Å². The second-order valence-electron chi connectivity index (χ2n) is 8.40.